The third-order valence-corrected chi connectivity index (χ3v) is 1.49. The average molecular weight is 140 g/mol. The number of hydrogen-bond donors (Lipinski definition) is 1. The first-order chi connectivity index (χ1) is 4.81. The van der Waals surface area contributed by atoms with E-state index in [1.54, 1.807) is 0 Å². The smallest absolute Gasteiger partial charge is 0.0456 e. The molecule has 0 heterocycles. The van der Waals surface area contributed by atoms with Crippen molar-refractivity contribution in [1.29, 1.82) is 0 Å². The van der Waals surface area contributed by atoms with Crippen LogP contribution in [-0.4, -0.2) is 11.7 Å². The Balaban J connectivity index is 3.08. The van der Waals surface area contributed by atoms with Crippen LogP contribution in [0.3, 0.4) is 0 Å². The number of unbranched alkanes of at least 4 members (excludes halogenated alkanes) is 1. The Morgan fingerprint density at radius 2 is 2.20 bits per heavy atom. The Kier molecular flexibility index (Phi) is 6.32. The van der Waals surface area contributed by atoms with Crippen molar-refractivity contribution in [3.63, 3.8) is 0 Å². The maximum atomic E-state index is 8.66. The predicted molar refractivity (Wildman–Crippen MR) is 43.6 cm³/mol. The van der Waals surface area contributed by atoms with Crippen molar-refractivity contribution in [2.45, 2.75) is 33.1 Å². The fraction of sp³-hybridized carbons (Fsp3) is 0.778. The first kappa shape index (κ1) is 9.52. The number of aliphatic hydroxyl groups is 1. The summed E-state index contributed by atoms with van der Waals surface area (Å²) < 4.78 is 0. The van der Waals surface area contributed by atoms with Gasteiger partial charge >= 0.3 is 0 Å². The zero-order valence-electron chi connectivity index (χ0n) is 6.85. The average Bonchev–Trinajstić information content (AvgIpc) is 1.98. The van der Waals surface area contributed by atoms with Crippen LogP contribution < -0.4 is 0 Å². The van der Waals surface area contributed by atoms with Gasteiger partial charge in [0.2, 0.25) is 0 Å². The molecule has 0 aliphatic heterocycles. The van der Waals surface area contributed by atoms with E-state index in [1.807, 2.05) is 6.92 Å². The Labute approximate surface area is 63.5 Å². The van der Waals surface area contributed by atoms with Gasteiger partial charge in [0.1, 0.15) is 0 Å². The van der Waals surface area contributed by atoms with E-state index in [1.165, 1.54) is 0 Å². The van der Waals surface area contributed by atoms with Crippen LogP contribution in [0.15, 0.2) is 0 Å². The molecule has 58 valence electrons. The Morgan fingerprint density at radius 1 is 1.50 bits per heavy atom. The van der Waals surface area contributed by atoms with E-state index in [0.717, 1.165) is 19.3 Å². The molecule has 0 saturated heterocycles. The molecule has 0 saturated carbocycles. The lowest BCUT2D eigenvalue weighted by molar-refractivity contribution is 0.228. The molecular formula is C9H16O. The first-order valence-electron chi connectivity index (χ1n) is 3.81. The van der Waals surface area contributed by atoms with Gasteiger partial charge in [-0.3, -0.25) is 0 Å². The van der Waals surface area contributed by atoms with E-state index in [4.69, 9.17) is 5.11 Å². The highest BCUT2D eigenvalue weighted by atomic mass is 16.3. The van der Waals surface area contributed by atoms with Crippen LogP contribution in [0.2, 0.25) is 0 Å². The molecule has 0 rings (SSSR count). The summed E-state index contributed by atoms with van der Waals surface area (Å²) in [7, 11) is 0. The van der Waals surface area contributed by atoms with Gasteiger partial charge in [-0.2, -0.15) is 0 Å². The van der Waals surface area contributed by atoms with Crippen molar-refractivity contribution >= 4 is 0 Å². The molecule has 0 aromatic carbocycles. The Morgan fingerprint density at radius 3 is 2.70 bits per heavy atom. The van der Waals surface area contributed by atoms with Crippen molar-refractivity contribution in [2.75, 3.05) is 6.61 Å². The minimum atomic E-state index is 0.305. The lowest BCUT2D eigenvalue weighted by atomic mass is 10.1. The molecule has 0 unspecified atom stereocenters. The Bertz CT molecular complexity index is 118. The lowest BCUT2D eigenvalue weighted by Crippen LogP contribution is -1.99. The largest absolute Gasteiger partial charge is 0.396 e. The molecule has 0 aliphatic carbocycles. The molecule has 0 spiro atoms. The molecule has 0 radical (unpaired) electrons. The van der Waals surface area contributed by atoms with Crippen LogP contribution >= 0.6 is 0 Å². The van der Waals surface area contributed by atoms with Gasteiger partial charge in [0, 0.05) is 13.0 Å². The normalized spacial score (nSPS) is 11.9. The summed E-state index contributed by atoms with van der Waals surface area (Å²) in [6.07, 6.45) is 3.18. The lowest BCUT2D eigenvalue weighted by Gasteiger charge is -2.03. The van der Waals surface area contributed by atoms with E-state index in [9.17, 15) is 0 Å². The summed E-state index contributed by atoms with van der Waals surface area (Å²) >= 11 is 0. The number of aliphatic hydroxyl groups excluding tert-OH is 1. The molecule has 0 aliphatic rings. The molecule has 0 aromatic rings. The summed E-state index contributed by atoms with van der Waals surface area (Å²) in [5.41, 5.74) is 0. The summed E-state index contributed by atoms with van der Waals surface area (Å²) in [4.78, 5) is 0. The zero-order chi connectivity index (χ0) is 7.82. The van der Waals surface area contributed by atoms with Gasteiger partial charge in [-0.25, -0.2) is 0 Å². The molecule has 0 aromatic heterocycles. The van der Waals surface area contributed by atoms with Crippen molar-refractivity contribution < 1.29 is 5.11 Å². The summed E-state index contributed by atoms with van der Waals surface area (Å²) in [5, 5.41) is 8.66. The Hall–Kier alpha value is -0.480. The standard InChI is InChI=1S/C9H16O/c1-3-4-5-6-7-9(2)8-10/h9-10H,5-8H2,1-2H3/t9-/m0/s1. The van der Waals surface area contributed by atoms with Gasteiger partial charge in [0.25, 0.3) is 0 Å². The molecule has 0 amide bonds. The SMILES string of the molecule is CC#CCCC[C@H](C)CO. The molecule has 0 fully saturated rings. The zero-order valence-corrected chi connectivity index (χ0v) is 6.85. The van der Waals surface area contributed by atoms with E-state index in [-0.39, 0.29) is 0 Å². The summed E-state index contributed by atoms with van der Waals surface area (Å²) in [6, 6.07) is 0. The number of hydrogen-bond acceptors (Lipinski definition) is 1. The monoisotopic (exact) mass is 140 g/mol. The van der Waals surface area contributed by atoms with Crippen LogP contribution in [0.25, 0.3) is 0 Å². The van der Waals surface area contributed by atoms with Crippen LogP contribution in [0.1, 0.15) is 33.1 Å². The second-order valence-corrected chi connectivity index (χ2v) is 2.61. The molecule has 1 N–H and O–H groups in total. The third-order valence-electron chi connectivity index (χ3n) is 1.49. The topological polar surface area (TPSA) is 20.2 Å². The van der Waals surface area contributed by atoms with Gasteiger partial charge in [-0.15, -0.1) is 11.8 Å². The van der Waals surface area contributed by atoms with Gasteiger partial charge in [0.05, 0.1) is 0 Å². The van der Waals surface area contributed by atoms with Crippen molar-refractivity contribution in [3.05, 3.63) is 0 Å². The van der Waals surface area contributed by atoms with Crippen molar-refractivity contribution in [3.8, 4) is 11.8 Å². The molecule has 1 heteroatoms. The highest BCUT2D eigenvalue weighted by molar-refractivity contribution is 4.94. The summed E-state index contributed by atoms with van der Waals surface area (Å²) in [5.74, 6) is 6.29. The van der Waals surface area contributed by atoms with Crippen LogP contribution in [0, 0.1) is 17.8 Å². The number of rotatable bonds is 4. The fourth-order valence-corrected chi connectivity index (χ4v) is 0.755. The van der Waals surface area contributed by atoms with Crippen molar-refractivity contribution in [2.24, 2.45) is 5.92 Å². The van der Waals surface area contributed by atoms with Gasteiger partial charge in [0.15, 0.2) is 0 Å². The van der Waals surface area contributed by atoms with E-state index in [0.29, 0.717) is 12.5 Å². The van der Waals surface area contributed by atoms with Crippen molar-refractivity contribution in [1.82, 2.24) is 0 Å². The van der Waals surface area contributed by atoms with Gasteiger partial charge in [-0.05, 0) is 25.7 Å². The second-order valence-electron chi connectivity index (χ2n) is 2.61. The molecule has 1 nitrogen and oxygen atoms in total. The minimum absolute atomic E-state index is 0.305. The minimum Gasteiger partial charge on any atom is -0.396 e. The van der Waals surface area contributed by atoms with Crippen LogP contribution in [0.5, 0.6) is 0 Å². The third kappa shape index (κ3) is 5.65. The fourth-order valence-electron chi connectivity index (χ4n) is 0.755. The maximum Gasteiger partial charge on any atom is 0.0456 e. The quantitative estimate of drug-likeness (QED) is 0.466. The summed E-state index contributed by atoms with van der Waals surface area (Å²) in [6.45, 7) is 4.22. The van der Waals surface area contributed by atoms with Crippen LogP contribution in [0.4, 0.5) is 0 Å². The molecule has 10 heavy (non-hydrogen) atoms. The second kappa shape index (κ2) is 6.64. The van der Waals surface area contributed by atoms with E-state index >= 15 is 0 Å². The predicted octanol–water partition coefficient (Wildman–Crippen LogP) is 1.81. The van der Waals surface area contributed by atoms with Crippen LogP contribution in [-0.2, 0) is 0 Å². The highest BCUT2D eigenvalue weighted by Gasteiger charge is 1.96. The molecule has 1 atom stereocenters. The molecule has 0 bridgehead atoms. The van der Waals surface area contributed by atoms with E-state index in [2.05, 4.69) is 18.8 Å². The first-order valence-corrected chi connectivity index (χ1v) is 3.81. The highest BCUT2D eigenvalue weighted by Crippen LogP contribution is 2.05. The molecular weight excluding hydrogens is 124 g/mol. The van der Waals surface area contributed by atoms with Gasteiger partial charge in [-0.1, -0.05) is 6.92 Å². The van der Waals surface area contributed by atoms with E-state index < -0.39 is 0 Å². The van der Waals surface area contributed by atoms with Gasteiger partial charge < -0.3 is 5.11 Å². The maximum absolute atomic E-state index is 8.66.